The Balaban J connectivity index is 3.02. The third-order valence-electron chi connectivity index (χ3n) is 1.47. The van der Waals surface area contributed by atoms with Gasteiger partial charge in [0, 0.05) is 5.38 Å². The van der Waals surface area contributed by atoms with Crippen LogP contribution >= 0.6 is 11.3 Å². The molecule has 0 atom stereocenters. The fourth-order valence-electron chi connectivity index (χ4n) is 0.947. The average Bonchev–Trinajstić information content (AvgIpc) is 2.46. The van der Waals surface area contributed by atoms with E-state index in [0.29, 0.717) is 16.4 Å². The number of thiazole rings is 1. The van der Waals surface area contributed by atoms with E-state index in [4.69, 9.17) is 11.5 Å². The molecule has 5 heteroatoms. The van der Waals surface area contributed by atoms with Crippen molar-refractivity contribution in [3.63, 3.8) is 0 Å². The minimum absolute atomic E-state index is 0.440. The highest BCUT2D eigenvalue weighted by molar-refractivity contribution is 7.13. The van der Waals surface area contributed by atoms with Gasteiger partial charge in [-0.2, -0.15) is 0 Å². The Bertz CT molecular complexity index is 343. The van der Waals surface area contributed by atoms with Gasteiger partial charge in [0.05, 0.1) is 11.3 Å². The van der Waals surface area contributed by atoms with Crippen LogP contribution in [0.3, 0.4) is 0 Å². The van der Waals surface area contributed by atoms with E-state index in [1.54, 1.807) is 11.5 Å². The van der Waals surface area contributed by atoms with Crippen molar-refractivity contribution < 1.29 is 4.79 Å². The normalized spacial score (nSPS) is 11.6. The first-order chi connectivity index (χ1) is 6.15. The summed E-state index contributed by atoms with van der Waals surface area (Å²) >= 11 is 1.29. The zero-order valence-corrected chi connectivity index (χ0v) is 8.10. The summed E-state index contributed by atoms with van der Waals surface area (Å²) in [4.78, 5) is 15.0. The number of carbonyl (C=O) groups is 1. The van der Waals surface area contributed by atoms with Gasteiger partial charge in [0.2, 0.25) is 0 Å². The van der Waals surface area contributed by atoms with E-state index in [1.165, 1.54) is 11.3 Å². The van der Waals surface area contributed by atoms with Crippen molar-refractivity contribution in [2.45, 2.75) is 13.3 Å². The van der Waals surface area contributed by atoms with Crippen LogP contribution in [-0.4, -0.2) is 10.9 Å². The molecule has 0 aliphatic heterocycles. The van der Waals surface area contributed by atoms with Gasteiger partial charge in [-0.15, -0.1) is 11.3 Å². The maximum atomic E-state index is 11.0. The molecule has 0 bridgehead atoms. The third kappa shape index (κ3) is 2.29. The van der Waals surface area contributed by atoms with Gasteiger partial charge < -0.3 is 11.5 Å². The molecule has 0 fully saturated rings. The van der Waals surface area contributed by atoms with E-state index < -0.39 is 5.91 Å². The van der Waals surface area contributed by atoms with Gasteiger partial charge in [0.25, 0.3) is 5.91 Å². The molecule has 1 aromatic heterocycles. The average molecular weight is 197 g/mol. The molecule has 0 aliphatic rings. The Morgan fingerprint density at radius 3 is 2.85 bits per heavy atom. The number of hydrogen-bond donors (Lipinski definition) is 2. The summed E-state index contributed by atoms with van der Waals surface area (Å²) in [5.74, 6) is -0.466. The number of primary amides is 1. The van der Waals surface area contributed by atoms with Crippen molar-refractivity contribution in [1.29, 1.82) is 0 Å². The van der Waals surface area contributed by atoms with Gasteiger partial charge in [-0.25, -0.2) is 4.98 Å². The van der Waals surface area contributed by atoms with Crippen molar-refractivity contribution in [3.8, 4) is 0 Å². The smallest absolute Gasteiger partial charge is 0.250 e. The number of aromatic nitrogens is 1. The molecule has 0 aromatic carbocycles. The summed E-state index contributed by atoms with van der Waals surface area (Å²) < 4.78 is 0. The molecule has 1 rings (SSSR count). The van der Waals surface area contributed by atoms with E-state index in [-0.39, 0.29) is 0 Å². The first-order valence-corrected chi connectivity index (χ1v) is 4.74. The predicted molar refractivity (Wildman–Crippen MR) is 54.0 cm³/mol. The molecule has 0 saturated carbocycles. The van der Waals surface area contributed by atoms with E-state index >= 15 is 0 Å². The Hall–Kier alpha value is -1.36. The Labute approximate surface area is 80.3 Å². The predicted octanol–water partition coefficient (Wildman–Crippen LogP) is 1.00. The molecule has 1 aromatic rings. The molecule has 1 heterocycles. The van der Waals surface area contributed by atoms with Crippen molar-refractivity contribution in [2.75, 3.05) is 5.73 Å². The van der Waals surface area contributed by atoms with E-state index in [9.17, 15) is 4.79 Å². The minimum atomic E-state index is -0.466. The second-order valence-corrected chi connectivity index (χ2v) is 3.35. The lowest BCUT2D eigenvalue weighted by Crippen LogP contribution is -2.13. The van der Waals surface area contributed by atoms with Crippen molar-refractivity contribution in [3.05, 3.63) is 17.2 Å². The first kappa shape index (κ1) is 9.73. The van der Waals surface area contributed by atoms with Crippen molar-refractivity contribution in [2.24, 2.45) is 5.73 Å². The molecule has 1 amide bonds. The number of nitrogens with zero attached hydrogens (tertiary/aromatic N) is 1. The Kier molecular flexibility index (Phi) is 3.02. The highest BCUT2D eigenvalue weighted by atomic mass is 32.1. The van der Waals surface area contributed by atoms with Crippen LogP contribution in [0.4, 0.5) is 5.13 Å². The number of allylic oxidation sites excluding steroid dienone is 1. The fourth-order valence-corrected chi connectivity index (χ4v) is 1.51. The maximum absolute atomic E-state index is 11.0. The summed E-state index contributed by atoms with van der Waals surface area (Å²) in [7, 11) is 0. The van der Waals surface area contributed by atoms with Crippen LogP contribution in [0.5, 0.6) is 0 Å². The zero-order chi connectivity index (χ0) is 9.84. The van der Waals surface area contributed by atoms with Crippen molar-refractivity contribution >= 4 is 27.9 Å². The summed E-state index contributed by atoms with van der Waals surface area (Å²) in [6.45, 7) is 1.93. The van der Waals surface area contributed by atoms with Gasteiger partial charge in [-0.3, -0.25) is 4.79 Å². The third-order valence-corrected chi connectivity index (χ3v) is 2.15. The SMILES string of the molecule is CC/C=C(\C(N)=O)c1csc(N)n1. The summed E-state index contributed by atoms with van der Waals surface area (Å²) in [5.41, 5.74) is 11.6. The molecular weight excluding hydrogens is 186 g/mol. The minimum Gasteiger partial charge on any atom is -0.375 e. The zero-order valence-electron chi connectivity index (χ0n) is 7.28. The van der Waals surface area contributed by atoms with Crippen LogP contribution in [0.2, 0.25) is 0 Å². The summed E-state index contributed by atoms with van der Waals surface area (Å²) in [6, 6.07) is 0. The molecule has 0 spiro atoms. The van der Waals surface area contributed by atoms with Crippen LogP contribution in [0, 0.1) is 0 Å². The van der Waals surface area contributed by atoms with Gasteiger partial charge in [0.1, 0.15) is 0 Å². The maximum Gasteiger partial charge on any atom is 0.250 e. The van der Waals surface area contributed by atoms with Gasteiger partial charge >= 0.3 is 0 Å². The van der Waals surface area contributed by atoms with Gasteiger partial charge in [-0.1, -0.05) is 13.0 Å². The number of carbonyl (C=O) groups excluding carboxylic acids is 1. The molecular formula is C8H11N3OS. The van der Waals surface area contributed by atoms with Crippen molar-refractivity contribution in [1.82, 2.24) is 4.98 Å². The quantitative estimate of drug-likeness (QED) is 0.709. The number of amides is 1. The van der Waals surface area contributed by atoms with Crippen LogP contribution in [0.15, 0.2) is 11.5 Å². The molecule has 70 valence electrons. The van der Waals surface area contributed by atoms with Crippen LogP contribution in [0.25, 0.3) is 5.57 Å². The van der Waals surface area contributed by atoms with E-state index in [1.807, 2.05) is 6.92 Å². The number of nitrogen functional groups attached to an aromatic ring is 1. The van der Waals surface area contributed by atoms with Gasteiger partial charge in [0.15, 0.2) is 5.13 Å². The monoisotopic (exact) mass is 197 g/mol. The Morgan fingerprint density at radius 2 is 2.46 bits per heavy atom. The summed E-state index contributed by atoms with van der Waals surface area (Å²) in [6.07, 6.45) is 2.49. The lowest BCUT2D eigenvalue weighted by Gasteiger charge is -1.96. The molecule has 4 N–H and O–H groups in total. The standard InChI is InChI=1S/C8H11N3OS/c1-2-3-5(7(9)12)6-4-13-8(10)11-6/h3-4H,2H2,1H3,(H2,9,12)(H2,10,11)/b5-3-. The molecule has 0 unspecified atom stereocenters. The molecule has 4 nitrogen and oxygen atoms in total. The molecule has 0 aliphatic carbocycles. The molecule has 13 heavy (non-hydrogen) atoms. The number of anilines is 1. The van der Waals surface area contributed by atoms with Crippen LogP contribution in [0.1, 0.15) is 19.0 Å². The van der Waals surface area contributed by atoms with E-state index in [0.717, 1.165) is 6.42 Å². The Morgan fingerprint density at radius 1 is 1.77 bits per heavy atom. The molecule has 0 saturated heterocycles. The summed E-state index contributed by atoms with van der Waals surface area (Å²) in [5, 5.41) is 2.17. The van der Waals surface area contributed by atoms with E-state index in [2.05, 4.69) is 4.98 Å². The largest absolute Gasteiger partial charge is 0.375 e. The number of hydrogen-bond acceptors (Lipinski definition) is 4. The topological polar surface area (TPSA) is 82.0 Å². The second-order valence-electron chi connectivity index (χ2n) is 2.46. The van der Waals surface area contributed by atoms with Crippen LogP contribution in [-0.2, 0) is 4.79 Å². The lowest BCUT2D eigenvalue weighted by atomic mass is 10.1. The fraction of sp³-hybridized carbons (Fsp3) is 0.250. The first-order valence-electron chi connectivity index (χ1n) is 3.86. The lowest BCUT2D eigenvalue weighted by molar-refractivity contribution is -0.112. The highest BCUT2D eigenvalue weighted by Gasteiger charge is 2.10. The highest BCUT2D eigenvalue weighted by Crippen LogP contribution is 2.19. The second kappa shape index (κ2) is 4.04. The number of rotatable bonds is 3. The van der Waals surface area contributed by atoms with Gasteiger partial charge in [-0.05, 0) is 6.42 Å². The van der Waals surface area contributed by atoms with Crippen LogP contribution < -0.4 is 11.5 Å². The number of nitrogens with two attached hydrogens (primary N) is 2. The molecule has 0 radical (unpaired) electrons.